The lowest BCUT2D eigenvalue weighted by Gasteiger charge is -2.28. The Kier molecular flexibility index (Phi) is 5.50. The normalized spacial score (nSPS) is 14.3. The standard InChI is InChI=1S/C17H20BrN5O2/c1-22(2)15-14(20-16(24)12-5-3-4-6-13(12)18)11-19-17(21-15)23-7-9-25-10-8-23/h3-6,11H,7-10H2,1-2H3,(H,20,24). The summed E-state index contributed by atoms with van der Waals surface area (Å²) in [6.45, 7) is 2.85. The first-order valence-corrected chi connectivity index (χ1v) is 8.78. The third kappa shape index (κ3) is 4.08. The van der Waals surface area contributed by atoms with Crippen LogP contribution in [0.15, 0.2) is 34.9 Å². The molecule has 0 spiro atoms. The smallest absolute Gasteiger partial charge is 0.256 e. The molecule has 1 saturated heterocycles. The molecular formula is C17H20BrN5O2. The second-order valence-corrected chi connectivity index (χ2v) is 6.69. The summed E-state index contributed by atoms with van der Waals surface area (Å²) in [7, 11) is 3.78. The van der Waals surface area contributed by atoms with Crippen molar-refractivity contribution in [2.45, 2.75) is 0 Å². The van der Waals surface area contributed by atoms with E-state index in [4.69, 9.17) is 4.74 Å². The quantitative estimate of drug-likeness (QED) is 0.841. The monoisotopic (exact) mass is 405 g/mol. The molecule has 0 aliphatic carbocycles. The fourth-order valence-electron chi connectivity index (χ4n) is 2.54. The van der Waals surface area contributed by atoms with Crippen LogP contribution in [-0.4, -0.2) is 56.3 Å². The Hall–Kier alpha value is -2.19. The van der Waals surface area contributed by atoms with Gasteiger partial charge in [0.15, 0.2) is 5.82 Å². The zero-order valence-corrected chi connectivity index (χ0v) is 15.8. The van der Waals surface area contributed by atoms with Gasteiger partial charge in [-0.15, -0.1) is 0 Å². The van der Waals surface area contributed by atoms with E-state index in [1.165, 1.54) is 0 Å². The zero-order chi connectivity index (χ0) is 17.8. The molecule has 0 atom stereocenters. The Morgan fingerprint density at radius 1 is 1.28 bits per heavy atom. The Morgan fingerprint density at radius 2 is 2.00 bits per heavy atom. The van der Waals surface area contributed by atoms with Crippen molar-refractivity contribution in [3.8, 4) is 0 Å². The minimum absolute atomic E-state index is 0.210. The van der Waals surface area contributed by atoms with Crippen LogP contribution < -0.4 is 15.1 Å². The molecule has 0 unspecified atom stereocenters. The molecule has 7 nitrogen and oxygen atoms in total. The van der Waals surface area contributed by atoms with Crippen LogP contribution in [0.1, 0.15) is 10.4 Å². The fraction of sp³-hybridized carbons (Fsp3) is 0.353. The number of hydrogen-bond acceptors (Lipinski definition) is 6. The largest absolute Gasteiger partial charge is 0.378 e. The number of ether oxygens (including phenoxy) is 1. The molecule has 1 aromatic carbocycles. The van der Waals surface area contributed by atoms with Gasteiger partial charge in [-0.1, -0.05) is 12.1 Å². The first-order valence-electron chi connectivity index (χ1n) is 7.99. The predicted molar refractivity (Wildman–Crippen MR) is 101 cm³/mol. The zero-order valence-electron chi connectivity index (χ0n) is 14.2. The minimum Gasteiger partial charge on any atom is -0.378 e. The number of carbonyl (C=O) groups is 1. The summed E-state index contributed by atoms with van der Waals surface area (Å²) in [6, 6.07) is 7.29. The van der Waals surface area contributed by atoms with Gasteiger partial charge in [0.05, 0.1) is 25.0 Å². The average molecular weight is 406 g/mol. The molecule has 0 radical (unpaired) electrons. The van der Waals surface area contributed by atoms with Gasteiger partial charge >= 0.3 is 0 Å². The van der Waals surface area contributed by atoms with Crippen LogP contribution in [0.25, 0.3) is 0 Å². The molecule has 25 heavy (non-hydrogen) atoms. The molecule has 0 saturated carbocycles. The first-order chi connectivity index (χ1) is 12.1. The van der Waals surface area contributed by atoms with Gasteiger partial charge in [-0.3, -0.25) is 4.79 Å². The van der Waals surface area contributed by atoms with Gasteiger partial charge in [0, 0.05) is 31.7 Å². The third-order valence-electron chi connectivity index (χ3n) is 3.84. The molecule has 1 N–H and O–H groups in total. The van der Waals surface area contributed by atoms with Gasteiger partial charge in [-0.25, -0.2) is 4.98 Å². The molecule has 1 amide bonds. The number of nitrogens with one attached hydrogen (secondary N) is 1. The summed E-state index contributed by atoms with van der Waals surface area (Å²) in [4.78, 5) is 25.5. The lowest BCUT2D eigenvalue weighted by atomic mass is 10.2. The van der Waals surface area contributed by atoms with Gasteiger partial charge in [0.25, 0.3) is 5.91 Å². The van der Waals surface area contributed by atoms with Crippen LogP contribution in [0.4, 0.5) is 17.5 Å². The molecule has 2 aromatic rings. The molecule has 1 aliphatic rings. The number of aromatic nitrogens is 2. The third-order valence-corrected chi connectivity index (χ3v) is 4.53. The number of amides is 1. The van der Waals surface area contributed by atoms with E-state index in [1.807, 2.05) is 37.2 Å². The van der Waals surface area contributed by atoms with Crippen LogP contribution >= 0.6 is 15.9 Å². The number of benzene rings is 1. The molecule has 1 fully saturated rings. The fourth-order valence-corrected chi connectivity index (χ4v) is 3.01. The summed E-state index contributed by atoms with van der Waals surface area (Å²) in [5.41, 5.74) is 1.13. The number of hydrogen-bond donors (Lipinski definition) is 1. The van der Waals surface area contributed by atoms with Crippen molar-refractivity contribution in [1.29, 1.82) is 0 Å². The van der Waals surface area contributed by atoms with Crippen molar-refractivity contribution in [2.75, 3.05) is 55.5 Å². The van der Waals surface area contributed by atoms with Crippen molar-refractivity contribution in [1.82, 2.24) is 9.97 Å². The number of halogens is 1. The second-order valence-electron chi connectivity index (χ2n) is 5.84. The molecule has 3 rings (SSSR count). The molecule has 8 heteroatoms. The summed E-state index contributed by atoms with van der Waals surface area (Å²) < 4.78 is 6.11. The highest BCUT2D eigenvalue weighted by molar-refractivity contribution is 9.10. The number of anilines is 3. The average Bonchev–Trinajstić information content (AvgIpc) is 2.63. The lowest BCUT2D eigenvalue weighted by molar-refractivity contribution is 0.102. The lowest BCUT2D eigenvalue weighted by Crippen LogP contribution is -2.37. The van der Waals surface area contributed by atoms with Crippen molar-refractivity contribution in [2.24, 2.45) is 0 Å². The van der Waals surface area contributed by atoms with E-state index in [-0.39, 0.29) is 5.91 Å². The highest BCUT2D eigenvalue weighted by atomic mass is 79.9. The van der Waals surface area contributed by atoms with Crippen LogP contribution in [0.3, 0.4) is 0 Å². The number of carbonyl (C=O) groups excluding carboxylic acids is 1. The van der Waals surface area contributed by atoms with Crippen LogP contribution in [-0.2, 0) is 4.74 Å². The van der Waals surface area contributed by atoms with Gasteiger partial charge in [-0.2, -0.15) is 4.98 Å². The van der Waals surface area contributed by atoms with Gasteiger partial charge < -0.3 is 19.9 Å². The van der Waals surface area contributed by atoms with Gasteiger partial charge in [0.2, 0.25) is 5.95 Å². The van der Waals surface area contributed by atoms with Crippen LogP contribution in [0.2, 0.25) is 0 Å². The number of nitrogens with zero attached hydrogens (tertiary/aromatic N) is 4. The van der Waals surface area contributed by atoms with E-state index in [1.54, 1.807) is 12.3 Å². The maximum absolute atomic E-state index is 12.6. The Bertz CT molecular complexity index is 762. The van der Waals surface area contributed by atoms with Crippen molar-refractivity contribution in [3.05, 3.63) is 40.5 Å². The molecule has 2 heterocycles. The highest BCUT2D eigenvalue weighted by Crippen LogP contribution is 2.25. The Morgan fingerprint density at radius 3 is 2.68 bits per heavy atom. The molecular weight excluding hydrogens is 386 g/mol. The highest BCUT2D eigenvalue weighted by Gasteiger charge is 2.19. The Balaban J connectivity index is 1.85. The van der Waals surface area contributed by atoms with E-state index in [0.717, 1.165) is 17.6 Å². The Labute approximate surface area is 155 Å². The van der Waals surface area contributed by atoms with Crippen molar-refractivity contribution < 1.29 is 9.53 Å². The number of rotatable bonds is 4. The molecule has 132 valence electrons. The topological polar surface area (TPSA) is 70.6 Å². The van der Waals surface area contributed by atoms with Crippen molar-refractivity contribution >= 4 is 39.3 Å². The molecule has 1 aromatic heterocycles. The first kappa shape index (κ1) is 17.6. The second kappa shape index (κ2) is 7.79. The number of morpholine rings is 1. The predicted octanol–water partition coefficient (Wildman–Crippen LogP) is 2.39. The van der Waals surface area contributed by atoms with Crippen LogP contribution in [0, 0.1) is 0 Å². The maximum atomic E-state index is 12.6. The van der Waals surface area contributed by atoms with E-state index >= 15 is 0 Å². The van der Waals surface area contributed by atoms with E-state index < -0.39 is 0 Å². The van der Waals surface area contributed by atoms with Crippen molar-refractivity contribution in [3.63, 3.8) is 0 Å². The van der Waals surface area contributed by atoms with Gasteiger partial charge in [0.1, 0.15) is 5.69 Å². The summed E-state index contributed by atoms with van der Waals surface area (Å²) in [5, 5.41) is 2.90. The van der Waals surface area contributed by atoms with Gasteiger partial charge in [-0.05, 0) is 28.1 Å². The molecule has 0 bridgehead atoms. The molecule has 1 aliphatic heterocycles. The van der Waals surface area contributed by atoms with E-state index in [0.29, 0.717) is 36.2 Å². The minimum atomic E-state index is -0.210. The summed E-state index contributed by atoms with van der Waals surface area (Å²) in [5.74, 6) is 1.10. The van der Waals surface area contributed by atoms with E-state index in [2.05, 4.69) is 36.1 Å². The SMILES string of the molecule is CN(C)c1nc(N2CCOCC2)ncc1NC(=O)c1ccccc1Br. The summed E-state index contributed by atoms with van der Waals surface area (Å²) in [6.07, 6.45) is 1.65. The van der Waals surface area contributed by atoms with Crippen LogP contribution in [0.5, 0.6) is 0 Å². The van der Waals surface area contributed by atoms with E-state index in [9.17, 15) is 4.79 Å². The maximum Gasteiger partial charge on any atom is 0.256 e. The summed E-state index contributed by atoms with van der Waals surface area (Å²) >= 11 is 3.40.